The molecule has 0 aliphatic carbocycles. The van der Waals surface area contributed by atoms with Crippen molar-refractivity contribution in [3.63, 3.8) is 0 Å². The Morgan fingerprint density at radius 2 is 1.50 bits per heavy atom. The summed E-state index contributed by atoms with van der Waals surface area (Å²) in [5.74, 6) is 0. The van der Waals surface area contributed by atoms with E-state index in [1.54, 1.807) is 0 Å². The van der Waals surface area contributed by atoms with Gasteiger partial charge in [0, 0.05) is 0 Å². The van der Waals surface area contributed by atoms with E-state index in [9.17, 15) is 5.11 Å². The molecule has 1 N–H and O–H groups in total. The molecule has 0 spiro atoms. The Bertz CT molecular complexity index is 523. The third-order valence-corrected chi connectivity index (χ3v) is 3.66. The normalized spacial score (nSPS) is 27.8. The summed E-state index contributed by atoms with van der Waals surface area (Å²) in [5, 5.41) is 10.6. The van der Waals surface area contributed by atoms with Crippen LogP contribution in [0.2, 0.25) is 0 Å². The highest BCUT2D eigenvalue weighted by Crippen LogP contribution is 2.54. The van der Waals surface area contributed by atoms with E-state index >= 15 is 0 Å². The van der Waals surface area contributed by atoms with Crippen molar-refractivity contribution < 1.29 is 9.84 Å². The summed E-state index contributed by atoms with van der Waals surface area (Å²) in [4.78, 5) is 0. The number of rotatable bonds is 3. The average Bonchev–Trinajstić information content (AvgIpc) is 3.13. The van der Waals surface area contributed by atoms with Gasteiger partial charge in [0.05, 0.1) is 6.10 Å². The molecule has 3 atom stereocenters. The van der Waals surface area contributed by atoms with Gasteiger partial charge in [-0.15, -0.1) is 0 Å². The zero-order chi connectivity index (χ0) is 12.6. The van der Waals surface area contributed by atoms with E-state index in [0.717, 1.165) is 11.1 Å². The Kier molecular flexibility index (Phi) is 2.69. The standard InChI is InChI=1S/C16H16O2/c1-12-16(18-12,14-10-6-3-7-11-14)15(17)13-8-4-2-5-9-13/h2-12,15,17H,1H3/t12-,15+,16+/m0/s1. The van der Waals surface area contributed by atoms with Crippen molar-refractivity contribution in [2.24, 2.45) is 0 Å². The molecule has 2 heteroatoms. The van der Waals surface area contributed by atoms with Gasteiger partial charge in [0.15, 0.2) is 0 Å². The fraction of sp³-hybridized carbons (Fsp3) is 0.250. The van der Waals surface area contributed by atoms with Crippen LogP contribution in [0.3, 0.4) is 0 Å². The first-order valence-corrected chi connectivity index (χ1v) is 6.21. The molecule has 0 unspecified atom stereocenters. The van der Waals surface area contributed by atoms with Crippen molar-refractivity contribution in [3.05, 3.63) is 71.8 Å². The fourth-order valence-corrected chi connectivity index (χ4v) is 2.59. The molecule has 3 rings (SSSR count). The molecule has 0 bridgehead atoms. The Morgan fingerprint density at radius 1 is 1.00 bits per heavy atom. The molecule has 2 nitrogen and oxygen atoms in total. The second-order valence-electron chi connectivity index (χ2n) is 4.73. The first kappa shape index (κ1) is 11.5. The van der Waals surface area contributed by atoms with Crippen LogP contribution < -0.4 is 0 Å². The SMILES string of the molecule is C[C@@H]1O[C@]1(c1ccccc1)[C@H](O)c1ccccc1. The summed E-state index contributed by atoms with van der Waals surface area (Å²) in [7, 11) is 0. The van der Waals surface area contributed by atoms with E-state index < -0.39 is 11.7 Å². The Hall–Kier alpha value is -1.64. The van der Waals surface area contributed by atoms with E-state index in [-0.39, 0.29) is 6.10 Å². The molecule has 0 radical (unpaired) electrons. The van der Waals surface area contributed by atoms with Crippen molar-refractivity contribution >= 4 is 0 Å². The largest absolute Gasteiger partial charge is 0.385 e. The number of ether oxygens (including phenoxy) is 1. The molecule has 18 heavy (non-hydrogen) atoms. The van der Waals surface area contributed by atoms with Gasteiger partial charge in [-0.25, -0.2) is 0 Å². The smallest absolute Gasteiger partial charge is 0.149 e. The van der Waals surface area contributed by atoms with Crippen molar-refractivity contribution in [1.82, 2.24) is 0 Å². The van der Waals surface area contributed by atoms with Gasteiger partial charge >= 0.3 is 0 Å². The zero-order valence-electron chi connectivity index (χ0n) is 10.3. The summed E-state index contributed by atoms with van der Waals surface area (Å²) in [6.45, 7) is 2.00. The highest BCUT2D eigenvalue weighted by atomic mass is 16.6. The van der Waals surface area contributed by atoms with Gasteiger partial charge in [0.1, 0.15) is 11.7 Å². The minimum absolute atomic E-state index is 0.0371. The van der Waals surface area contributed by atoms with Gasteiger partial charge in [0.25, 0.3) is 0 Å². The van der Waals surface area contributed by atoms with Crippen LogP contribution in [0.4, 0.5) is 0 Å². The van der Waals surface area contributed by atoms with Gasteiger partial charge in [-0.3, -0.25) is 0 Å². The minimum atomic E-state index is -0.629. The number of aliphatic hydroxyl groups excluding tert-OH is 1. The number of aliphatic hydroxyl groups is 1. The lowest BCUT2D eigenvalue weighted by atomic mass is 9.86. The first-order valence-electron chi connectivity index (χ1n) is 6.21. The maximum absolute atomic E-state index is 10.6. The summed E-state index contributed by atoms with van der Waals surface area (Å²) >= 11 is 0. The quantitative estimate of drug-likeness (QED) is 0.836. The Balaban J connectivity index is 1.99. The van der Waals surface area contributed by atoms with Crippen LogP contribution in [0, 0.1) is 0 Å². The van der Waals surface area contributed by atoms with Gasteiger partial charge in [-0.2, -0.15) is 0 Å². The topological polar surface area (TPSA) is 32.8 Å². The third-order valence-electron chi connectivity index (χ3n) is 3.66. The molecule has 1 aliphatic rings. The molecular formula is C16H16O2. The highest BCUT2D eigenvalue weighted by molar-refractivity contribution is 5.35. The summed E-state index contributed by atoms with van der Waals surface area (Å²) < 4.78 is 5.76. The predicted molar refractivity (Wildman–Crippen MR) is 70.1 cm³/mol. The van der Waals surface area contributed by atoms with Crippen molar-refractivity contribution in [3.8, 4) is 0 Å². The van der Waals surface area contributed by atoms with Crippen LogP contribution in [0.1, 0.15) is 24.2 Å². The van der Waals surface area contributed by atoms with Crippen molar-refractivity contribution in [2.45, 2.75) is 24.7 Å². The minimum Gasteiger partial charge on any atom is -0.385 e. The third kappa shape index (κ3) is 1.65. The maximum Gasteiger partial charge on any atom is 0.149 e. The second kappa shape index (κ2) is 4.23. The average molecular weight is 240 g/mol. The second-order valence-corrected chi connectivity index (χ2v) is 4.73. The number of hydrogen-bond acceptors (Lipinski definition) is 2. The molecule has 1 heterocycles. The molecule has 0 aromatic heterocycles. The van der Waals surface area contributed by atoms with E-state index in [0.29, 0.717) is 0 Å². The van der Waals surface area contributed by atoms with Crippen LogP contribution in [0.15, 0.2) is 60.7 Å². The van der Waals surface area contributed by atoms with E-state index in [2.05, 4.69) is 0 Å². The van der Waals surface area contributed by atoms with E-state index in [4.69, 9.17) is 4.74 Å². The molecule has 1 saturated heterocycles. The fourth-order valence-electron chi connectivity index (χ4n) is 2.59. The van der Waals surface area contributed by atoms with Gasteiger partial charge in [0.2, 0.25) is 0 Å². The lowest BCUT2D eigenvalue weighted by Crippen LogP contribution is -2.22. The predicted octanol–water partition coefficient (Wildman–Crippen LogP) is 3.03. The molecule has 1 fully saturated rings. The van der Waals surface area contributed by atoms with Crippen molar-refractivity contribution in [1.29, 1.82) is 0 Å². The number of benzene rings is 2. The van der Waals surface area contributed by atoms with Crippen molar-refractivity contribution in [2.75, 3.05) is 0 Å². The molecular weight excluding hydrogens is 224 g/mol. The van der Waals surface area contributed by atoms with E-state index in [1.807, 2.05) is 67.6 Å². The van der Waals surface area contributed by atoms with Crippen LogP contribution in [0.5, 0.6) is 0 Å². The maximum atomic E-state index is 10.6. The molecule has 0 saturated carbocycles. The molecule has 92 valence electrons. The van der Waals surface area contributed by atoms with Crippen LogP contribution in [-0.4, -0.2) is 11.2 Å². The monoisotopic (exact) mass is 240 g/mol. The van der Waals surface area contributed by atoms with Gasteiger partial charge < -0.3 is 9.84 Å². The Morgan fingerprint density at radius 3 is 2.00 bits per heavy atom. The van der Waals surface area contributed by atoms with Crippen LogP contribution >= 0.6 is 0 Å². The zero-order valence-corrected chi connectivity index (χ0v) is 10.3. The lowest BCUT2D eigenvalue weighted by Gasteiger charge is -2.20. The molecule has 2 aromatic rings. The molecule has 1 aliphatic heterocycles. The lowest BCUT2D eigenvalue weighted by molar-refractivity contribution is 0.0730. The molecule has 0 amide bonds. The number of epoxide rings is 1. The van der Waals surface area contributed by atoms with Gasteiger partial charge in [-0.1, -0.05) is 60.7 Å². The summed E-state index contributed by atoms with van der Waals surface area (Å²) in [6.07, 6.45) is -0.591. The Labute approximate surface area is 107 Å². The molecule has 2 aromatic carbocycles. The summed E-state index contributed by atoms with van der Waals surface area (Å²) in [6, 6.07) is 19.6. The number of hydrogen-bond donors (Lipinski definition) is 1. The summed E-state index contributed by atoms with van der Waals surface area (Å²) in [5.41, 5.74) is 1.35. The van der Waals surface area contributed by atoms with E-state index in [1.165, 1.54) is 0 Å². The first-order chi connectivity index (χ1) is 8.75. The van der Waals surface area contributed by atoms with Crippen LogP contribution in [-0.2, 0) is 10.3 Å². The van der Waals surface area contributed by atoms with Gasteiger partial charge in [-0.05, 0) is 18.1 Å². The highest BCUT2D eigenvalue weighted by Gasteiger charge is 2.60. The van der Waals surface area contributed by atoms with Crippen LogP contribution in [0.25, 0.3) is 0 Å².